The number of amides is 1. The summed E-state index contributed by atoms with van der Waals surface area (Å²) in [6.07, 6.45) is 2.79. The number of carbonyl (C=O) groups excluding carboxylic acids is 1. The summed E-state index contributed by atoms with van der Waals surface area (Å²) in [5, 5.41) is 10.4. The maximum atomic E-state index is 11.9. The first-order chi connectivity index (χ1) is 8.07. The second-order valence-corrected chi connectivity index (χ2v) is 5.23. The molecule has 1 aliphatic heterocycles. The number of anilines is 1. The van der Waals surface area contributed by atoms with Crippen LogP contribution in [0.4, 0.5) is 5.82 Å². The van der Waals surface area contributed by atoms with Gasteiger partial charge in [0.15, 0.2) is 12.4 Å². The summed E-state index contributed by atoms with van der Waals surface area (Å²) in [7, 11) is 2.14. The van der Waals surface area contributed by atoms with Crippen molar-refractivity contribution in [2.75, 3.05) is 32.0 Å². The summed E-state index contributed by atoms with van der Waals surface area (Å²) >= 11 is 0. The van der Waals surface area contributed by atoms with Crippen molar-refractivity contribution < 1.29 is 9.28 Å². The largest absolute Gasteiger partial charge is 0.318 e. The molecule has 2 heterocycles. The fraction of sp³-hybridized carbons (Fsp3) is 0.583. The standard InChI is InChI=1S/C12H18N4O/c1-10-5-7-16(2,8-10)9-12(17)14-11-4-3-6-13-15-11/h3-4,6,10H,5,7-9H2,1-2H3/p+1/t10-,16?/m1/s1. The van der Waals surface area contributed by atoms with Crippen LogP contribution in [-0.2, 0) is 4.79 Å². The van der Waals surface area contributed by atoms with Crippen LogP contribution < -0.4 is 5.32 Å². The van der Waals surface area contributed by atoms with E-state index in [1.54, 1.807) is 18.3 Å². The first kappa shape index (κ1) is 12.0. The van der Waals surface area contributed by atoms with Gasteiger partial charge in [0.25, 0.3) is 5.91 Å². The Hall–Kier alpha value is -1.49. The van der Waals surface area contributed by atoms with Crippen LogP contribution in [0.2, 0.25) is 0 Å². The van der Waals surface area contributed by atoms with Crippen molar-refractivity contribution in [3.05, 3.63) is 18.3 Å². The molecule has 0 aliphatic carbocycles. The van der Waals surface area contributed by atoms with Crippen molar-refractivity contribution in [1.29, 1.82) is 0 Å². The molecule has 1 saturated heterocycles. The number of nitrogens with zero attached hydrogens (tertiary/aromatic N) is 3. The first-order valence-corrected chi connectivity index (χ1v) is 5.98. The maximum Gasteiger partial charge on any atom is 0.280 e. The highest BCUT2D eigenvalue weighted by atomic mass is 16.2. The number of hydrogen-bond donors (Lipinski definition) is 1. The van der Waals surface area contributed by atoms with Crippen molar-refractivity contribution in [1.82, 2.24) is 10.2 Å². The van der Waals surface area contributed by atoms with E-state index in [2.05, 4.69) is 29.5 Å². The van der Waals surface area contributed by atoms with Gasteiger partial charge in [-0.05, 0) is 12.1 Å². The normalized spacial score (nSPS) is 28.0. The van der Waals surface area contributed by atoms with Crippen molar-refractivity contribution in [3.8, 4) is 0 Å². The molecule has 0 spiro atoms. The molecular formula is C12H19N4O+. The molecule has 0 bridgehead atoms. The van der Waals surface area contributed by atoms with Crippen LogP contribution >= 0.6 is 0 Å². The fourth-order valence-corrected chi connectivity index (χ4v) is 2.51. The summed E-state index contributed by atoms with van der Waals surface area (Å²) < 4.78 is 0.827. The lowest BCUT2D eigenvalue weighted by Gasteiger charge is -2.28. The van der Waals surface area contributed by atoms with Gasteiger partial charge in [-0.1, -0.05) is 6.92 Å². The van der Waals surface area contributed by atoms with Gasteiger partial charge < -0.3 is 9.80 Å². The molecule has 1 aromatic rings. The molecule has 2 atom stereocenters. The fourth-order valence-electron chi connectivity index (χ4n) is 2.51. The Balaban J connectivity index is 1.90. The Morgan fingerprint density at radius 1 is 1.65 bits per heavy atom. The van der Waals surface area contributed by atoms with E-state index in [0.717, 1.165) is 17.6 Å². The third kappa shape index (κ3) is 3.23. The molecular weight excluding hydrogens is 216 g/mol. The van der Waals surface area contributed by atoms with E-state index in [9.17, 15) is 4.79 Å². The maximum absolute atomic E-state index is 11.9. The van der Waals surface area contributed by atoms with E-state index in [1.165, 1.54) is 6.42 Å². The van der Waals surface area contributed by atoms with Gasteiger partial charge in [0, 0.05) is 18.5 Å². The summed E-state index contributed by atoms with van der Waals surface area (Å²) in [4.78, 5) is 11.9. The molecule has 1 amide bonds. The molecule has 1 unspecified atom stereocenters. The van der Waals surface area contributed by atoms with E-state index in [-0.39, 0.29) is 5.91 Å². The Labute approximate surface area is 101 Å². The summed E-state index contributed by atoms with van der Waals surface area (Å²) in [6.45, 7) is 4.91. The highest BCUT2D eigenvalue weighted by Gasteiger charge is 2.33. The molecule has 0 aromatic carbocycles. The van der Waals surface area contributed by atoms with Crippen LogP contribution in [0.25, 0.3) is 0 Å². The van der Waals surface area contributed by atoms with Gasteiger partial charge in [-0.15, -0.1) is 5.10 Å². The van der Waals surface area contributed by atoms with Gasteiger partial charge in [-0.3, -0.25) is 4.79 Å². The van der Waals surface area contributed by atoms with Crippen LogP contribution in [-0.4, -0.2) is 47.3 Å². The lowest BCUT2D eigenvalue weighted by atomic mass is 10.2. The Morgan fingerprint density at radius 3 is 3.06 bits per heavy atom. The van der Waals surface area contributed by atoms with Gasteiger partial charge in [0.05, 0.1) is 20.1 Å². The molecule has 0 radical (unpaired) electrons. The van der Waals surface area contributed by atoms with Crippen molar-refractivity contribution >= 4 is 11.7 Å². The number of likely N-dealkylation sites (tertiary alicyclic amines) is 1. The number of quaternary nitrogens is 1. The van der Waals surface area contributed by atoms with Gasteiger partial charge in [-0.2, -0.15) is 5.10 Å². The molecule has 1 aliphatic rings. The molecule has 17 heavy (non-hydrogen) atoms. The second kappa shape index (κ2) is 4.79. The predicted molar refractivity (Wildman–Crippen MR) is 65.2 cm³/mol. The van der Waals surface area contributed by atoms with Crippen molar-refractivity contribution in [2.24, 2.45) is 5.92 Å². The van der Waals surface area contributed by atoms with Crippen molar-refractivity contribution in [2.45, 2.75) is 13.3 Å². The molecule has 0 saturated carbocycles. The number of rotatable bonds is 3. The van der Waals surface area contributed by atoms with Gasteiger partial charge >= 0.3 is 0 Å². The van der Waals surface area contributed by atoms with Crippen LogP contribution in [0, 0.1) is 5.92 Å². The summed E-state index contributed by atoms with van der Waals surface area (Å²) in [6, 6.07) is 3.51. The molecule has 2 rings (SSSR count). The molecule has 5 heteroatoms. The van der Waals surface area contributed by atoms with Crippen LogP contribution in [0.3, 0.4) is 0 Å². The topological polar surface area (TPSA) is 54.9 Å². The highest BCUT2D eigenvalue weighted by Crippen LogP contribution is 2.21. The van der Waals surface area contributed by atoms with Gasteiger partial charge in [0.2, 0.25) is 0 Å². The Morgan fingerprint density at radius 2 is 2.47 bits per heavy atom. The monoisotopic (exact) mass is 235 g/mol. The van der Waals surface area contributed by atoms with Crippen LogP contribution in [0.15, 0.2) is 18.3 Å². The van der Waals surface area contributed by atoms with Gasteiger partial charge in [-0.25, -0.2) is 0 Å². The molecule has 1 aromatic heterocycles. The average molecular weight is 235 g/mol. The lowest BCUT2D eigenvalue weighted by molar-refractivity contribution is -0.891. The van der Waals surface area contributed by atoms with E-state index >= 15 is 0 Å². The van der Waals surface area contributed by atoms with E-state index in [0.29, 0.717) is 18.3 Å². The third-order valence-electron chi connectivity index (χ3n) is 3.28. The van der Waals surface area contributed by atoms with Crippen LogP contribution in [0.1, 0.15) is 13.3 Å². The number of carbonyl (C=O) groups is 1. The molecule has 92 valence electrons. The molecule has 1 N–H and O–H groups in total. The van der Waals surface area contributed by atoms with E-state index in [1.807, 2.05) is 0 Å². The quantitative estimate of drug-likeness (QED) is 0.792. The molecule has 1 fully saturated rings. The summed E-state index contributed by atoms with van der Waals surface area (Å²) in [5.41, 5.74) is 0. The van der Waals surface area contributed by atoms with Gasteiger partial charge in [0.1, 0.15) is 0 Å². The smallest absolute Gasteiger partial charge is 0.280 e. The Bertz CT molecular complexity index is 395. The SMILES string of the molecule is C[C@@H]1CC[N+](C)(CC(=O)Nc2cccnn2)C1. The minimum Gasteiger partial charge on any atom is -0.318 e. The second-order valence-electron chi connectivity index (χ2n) is 5.23. The zero-order valence-electron chi connectivity index (χ0n) is 10.4. The summed E-state index contributed by atoms with van der Waals surface area (Å²) in [5.74, 6) is 1.25. The first-order valence-electron chi connectivity index (χ1n) is 5.98. The number of hydrogen-bond acceptors (Lipinski definition) is 3. The predicted octanol–water partition coefficient (Wildman–Crippen LogP) is 0.901. The Kier molecular flexibility index (Phi) is 3.38. The van der Waals surface area contributed by atoms with E-state index < -0.39 is 0 Å². The number of nitrogens with one attached hydrogen (secondary N) is 1. The minimum absolute atomic E-state index is 0.0158. The zero-order chi connectivity index (χ0) is 12.3. The van der Waals surface area contributed by atoms with E-state index in [4.69, 9.17) is 0 Å². The highest BCUT2D eigenvalue weighted by molar-refractivity contribution is 5.90. The lowest BCUT2D eigenvalue weighted by Crippen LogP contribution is -2.47. The minimum atomic E-state index is 0.0158. The van der Waals surface area contributed by atoms with Crippen molar-refractivity contribution in [3.63, 3.8) is 0 Å². The molecule has 5 nitrogen and oxygen atoms in total. The number of likely N-dealkylation sites (N-methyl/N-ethyl adjacent to an activating group) is 1. The zero-order valence-corrected chi connectivity index (χ0v) is 10.4. The average Bonchev–Trinajstić information content (AvgIpc) is 2.59. The third-order valence-corrected chi connectivity index (χ3v) is 3.28. The van der Waals surface area contributed by atoms with Crippen LogP contribution in [0.5, 0.6) is 0 Å². The number of aromatic nitrogens is 2.